The minimum atomic E-state index is -0.247. The van der Waals surface area contributed by atoms with Crippen LogP contribution in [0.2, 0.25) is 0 Å². The molecule has 2 aromatic rings. The summed E-state index contributed by atoms with van der Waals surface area (Å²) in [6.45, 7) is 0.208. The fraction of sp³-hybridized carbons (Fsp3) is 0.444. The lowest BCUT2D eigenvalue weighted by molar-refractivity contribution is -0.113. The molecule has 0 aliphatic heterocycles. The molecular weight excluding hydrogens is 322 g/mol. The van der Waals surface area contributed by atoms with E-state index in [0.29, 0.717) is 11.0 Å². The van der Waals surface area contributed by atoms with Gasteiger partial charge in [0.25, 0.3) is 0 Å². The molecule has 1 N–H and O–H groups in total. The smallest absolute Gasteiger partial charge is 0.322 e. The van der Waals surface area contributed by atoms with Crippen molar-refractivity contribution in [3.63, 3.8) is 0 Å². The van der Waals surface area contributed by atoms with E-state index in [1.165, 1.54) is 42.2 Å². The van der Waals surface area contributed by atoms with Crippen LogP contribution in [0, 0.1) is 0 Å². The van der Waals surface area contributed by atoms with Crippen LogP contribution in [0.15, 0.2) is 13.9 Å². The zero-order valence-corrected chi connectivity index (χ0v) is 13.1. The average molecular weight is 333 g/mol. The third-order valence-corrected chi connectivity index (χ3v) is 4.38. The number of rotatable bonds is 7. The summed E-state index contributed by atoms with van der Waals surface area (Å²) in [4.78, 5) is 15.9. The summed E-state index contributed by atoms with van der Waals surface area (Å²) in [7, 11) is 1.52. The molecule has 0 radical (unpaired) electrons. The molecule has 108 valence electrons. The summed E-state index contributed by atoms with van der Waals surface area (Å²) in [5.41, 5.74) is 0. The third-order valence-electron chi connectivity index (χ3n) is 1.88. The van der Waals surface area contributed by atoms with Gasteiger partial charge in [-0.25, -0.2) is 4.98 Å². The molecule has 0 fully saturated rings. The summed E-state index contributed by atoms with van der Waals surface area (Å²) in [6, 6.07) is 0.0599. The van der Waals surface area contributed by atoms with Crippen LogP contribution in [0.3, 0.4) is 0 Å². The van der Waals surface area contributed by atoms with Crippen LogP contribution in [0.25, 0.3) is 0 Å². The molecule has 8 nitrogen and oxygen atoms in total. The maximum atomic E-state index is 11.7. The molecule has 20 heavy (non-hydrogen) atoms. The molecule has 2 heterocycles. The molecule has 0 aromatic carbocycles. The van der Waals surface area contributed by atoms with Crippen LogP contribution in [0.1, 0.15) is 5.89 Å². The normalized spacial score (nSPS) is 10.7. The Hall–Kier alpha value is -1.17. The predicted molar refractivity (Wildman–Crippen MR) is 76.1 cm³/mol. The van der Waals surface area contributed by atoms with E-state index in [2.05, 4.69) is 24.9 Å². The van der Waals surface area contributed by atoms with Crippen LogP contribution in [-0.2, 0) is 16.1 Å². The molecule has 2 rings (SSSR count). The molecular formula is C9H11N5O3S3. The Labute approximate surface area is 127 Å². The average Bonchev–Trinajstić information content (AvgIpc) is 3.06. The highest BCUT2D eigenvalue weighted by Crippen LogP contribution is 2.23. The third kappa shape index (κ3) is 4.44. The van der Waals surface area contributed by atoms with Gasteiger partial charge < -0.3 is 9.15 Å². The molecule has 0 spiro atoms. The quantitative estimate of drug-likeness (QED) is 0.755. The number of carbonyl (C=O) groups is 1. The lowest BCUT2D eigenvalue weighted by Gasteiger charge is -1.97. The maximum Gasteiger partial charge on any atom is 0.322 e. The minimum absolute atomic E-state index is 0.0599. The Balaban J connectivity index is 1.79. The Morgan fingerprint density at radius 1 is 1.50 bits per heavy atom. The molecule has 11 heteroatoms. The number of methoxy groups -OCH3 is 1. The van der Waals surface area contributed by atoms with Gasteiger partial charge in [0.15, 0.2) is 4.34 Å². The van der Waals surface area contributed by atoms with Crippen molar-refractivity contribution in [3.05, 3.63) is 5.89 Å². The molecule has 0 aliphatic carbocycles. The van der Waals surface area contributed by atoms with E-state index >= 15 is 0 Å². The number of ether oxygens (including phenoxy) is 1. The van der Waals surface area contributed by atoms with Gasteiger partial charge in [0.05, 0.1) is 5.75 Å². The lowest BCUT2D eigenvalue weighted by atomic mass is 10.7. The van der Waals surface area contributed by atoms with Crippen molar-refractivity contribution < 1.29 is 13.9 Å². The van der Waals surface area contributed by atoms with Gasteiger partial charge in [-0.15, -0.1) is 5.10 Å². The van der Waals surface area contributed by atoms with Gasteiger partial charge in [0.2, 0.25) is 17.0 Å². The fourth-order valence-corrected chi connectivity index (χ4v) is 3.12. The number of nitrogens with zero attached hydrogens (tertiary/aromatic N) is 4. The van der Waals surface area contributed by atoms with Gasteiger partial charge in [-0.3, -0.25) is 10.1 Å². The van der Waals surface area contributed by atoms with Crippen LogP contribution in [0.4, 0.5) is 6.01 Å². The minimum Gasteiger partial charge on any atom is -0.405 e. The highest BCUT2D eigenvalue weighted by Gasteiger charge is 2.11. The molecule has 0 unspecified atom stereocenters. The van der Waals surface area contributed by atoms with Crippen molar-refractivity contribution >= 4 is 47.0 Å². The maximum absolute atomic E-state index is 11.7. The van der Waals surface area contributed by atoms with Crippen molar-refractivity contribution in [1.29, 1.82) is 0 Å². The van der Waals surface area contributed by atoms with E-state index in [1.54, 1.807) is 0 Å². The first-order valence-corrected chi connectivity index (χ1v) is 8.31. The number of anilines is 1. The van der Waals surface area contributed by atoms with E-state index in [4.69, 9.17) is 9.15 Å². The largest absolute Gasteiger partial charge is 0.405 e. The number of nitrogens with one attached hydrogen (secondary N) is 1. The van der Waals surface area contributed by atoms with Gasteiger partial charge in [-0.1, -0.05) is 28.6 Å². The second kappa shape index (κ2) is 7.57. The SMILES string of the molecule is COCc1nnc(NC(=O)CSc2nc(SC)ns2)o1. The molecule has 1 amide bonds. The zero-order valence-electron chi connectivity index (χ0n) is 10.7. The monoisotopic (exact) mass is 333 g/mol. The van der Waals surface area contributed by atoms with Gasteiger partial charge in [-0.2, -0.15) is 4.37 Å². The Kier molecular flexibility index (Phi) is 5.76. The van der Waals surface area contributed by atoms with Crippen molar-refractivity contribution in [3.8, 4) is 0 Å². The molecule has 0 saturated heterocycles. The van der Waals surface area contributed by atoms with Gasteiger partial charge in [0.1, 0.15) is 6.61 Å². The summed E-state index contributed by atoms with van der Waals surface area (Å²) in [6.07, 6.45) is 1.90. The van der Waals surface area contributed by atoms with Gasteiger partial charge in [0, 0.05) is 7.11 Å². The Morgan fingerprint density at radius 3 is 3.05 bits per heavy atom. The van der Waals surface area contributed by atoms with E-state index < -0.39 is 0 Å². The van der Waals surface area contributed by atoms with Crippen LogP contribution >= 0.6 is 35.1 Å². The van der Waals surface area contributed by atoms with E-state index in [0.717, 1.165) is 4.34 Å². The van der Waals surface area contributed by atoms with E-state index in [-0.39, 0.29) is 24.3 Å². The Morgan fingerprint density at radius 2 is 2.35 bits per heavy atom. The predicted octanol–water partition coefficient (Wildman–Crippen LogP) is 1.52. The summed E-state index contributed by atoms with van der Waals surface area (Å²) in [5, 5.41) is 10.6. The standard InChI is InChI=1S/C9H11N5O3S3/c1-16-3-6-12-13-7(17-6)10-5(15)4-19-9-11-8(18-2)14-20-9/h3-4H2,1-2H3,(H,10,13,15). The second-order valence-corrected chi connectivity index (χ2v) is 6.07. The molecule has 0 aliphatic rings. The number of carbonyl (C=O) groups excluding carboxylic acids is 1. The molecule has 0 atom stereocenters. The van der Waals surface area contributed by atoms with Crippen LogP contribution < -0.4 is 5.32 Å². The van der Waals surface area contributed by atoms with E-state index in [1.807, 2.05) is 6.26 Å². The lowest BCUT2D eigenvalue weighted by Crippen LogP contribution is -2.14. The number of hydrogen-bond acceptors (Lipinski definition) is 10. The van der Waals surface area contributed by atoms with Crippen LogP contribution in [0.5, 0.6) is 0 Å². The van der Waals surface area contributed by atoms with Crippen LogP contribution in [-0.4, -0.2) is 44.6 Å². The van der Waals surface area contributed by atoms with Crippen molar-refractivity contribution in [1.82, 2.24) is 19.6 Å². The second-order valence-electron chi connectivity index (χ2n) is 3.32. The topological polar surface area (TPSA) is 103 Å². The van der Waals surface area contributed by atoms with Gasteiger partial charge >= 0.3 is 6.01 Å². The number of thioether (sulfide) groups is 2. The number of hydrogen-bond donors (Lipinski definition) is 1. The first kappa shape index (κ1) is 15.2. The fourth-order valence-electron chi connectivity index (χ4n) is 1.11. The van der Waals surface area contributed by atoms with Crippen molar-refractivity contribution in [2.24, 2.45) is 0 Å². The highest BCUT2D eigenvalue weighted by atomic mass is 32.2. The molecule has 0 bridgehead atoms. The zero-order chi connectivity index (χ0) is 14.4. The number of amides is 1. The van der Waals surface area contributed by atoms with Gasteiger partial charge in [-0.05, 0) is 17.8 Å². The number of aromatic nitrogens is 4. The summed E-state index contributed by atoms with van der Waals surface area (Å²) >= 11 is 4.04. The van der Waals surface area contributed by atoms with Crippen molar-refractivity contribution in [2.75, 3.05) is 24.4 Å². The Bertz CT molecular complexity index is 573. The van der Waals surface area contributed by atoms with Crippen molar-refractivity contribution in [2.45, 2.75) is 16.1 Å². The molecule has 0 saturated carbocycles. The van der Waals surface area contributed by atoms with E-state index in [9.17, 15) is 4.79 Å². The molecule has 2 aromatic heterocycles. The summed E-state index contributed by atoms with van der Waals surface area (Å²) < 4.78 is 14.8. The first-order valence-electron chi connectivity index (χ1n) is 5.33. The highest BCUT2D eigenvalue weighted by molar-refractivity contribution is 8.01. The first-order chi connectivity index (χ1) is 9.71. The summed E-state index contributed by atoms with van der Waals surface area (Å²) in [5.74, 6) is 0.262.